The SMILES string of the molecule is Nc1ccsc1CNCCCN1CCCC1. The molecule has 2 heterocycles. The molecule has 3 N–H and O–H groups in total. The van der Waals surface area contributed by atoms with Gasteiger partial charge in [-0.2, -0.15) is 0 Å². The third-order valence-corrected chi connectivity index (χ3v) is 4.03. The molecular formula is C12H21N3S. The molecule has 90 valence electrons. The Morgan fingerprint density at radius 1 is 1.38 bits per heavy atom. The number of nitrogens with one attached hydrogen (secondary N) is 1. The molecule has 16 heavy (non-hydrogen) atoms. The molecule has 1 aromatic rings. The second-order valence-electron chi connectivity index (χ2n) is 4.38. The lowest BCUT2D eigenvalue weighted by atomic mass is 10.3. The van der Waals surface area contributed by atoms with Crippen molar-refractivity contribution in [1.82, 2.24) is 10.2 Å². The number of rotatable bonds is 6. The van der Waals surface area contributed by atoms with Gasteiger partial charge in [0.15, 0.2) is 0 Å². The maximum absolute atomic E-state index is 5.82. The number of nitrogen functional groups attached to an aromatic ring is 1. The van der Waals surface area contributed by atoms with Crippen LogP contribution in [0, 0.1) is 0 Å². The van der Waals surface area contributed by atoms with Gasteiger partial charge in [0.2, 0.25) is 0 Å². The van der Waals surface area contributed by atoms with Gasteiger partial charge in [-0.25, -0.2) is 0 Å². The summed E-state index contributed by atoms with van der Waals surface area (Å²) in [5.74, 6) is 0. The molecule has 0 radical (unpaired) electrons. The molecule has 1 aliphatic heterocycles. The van der Waals surface area contributed by atoms with Crippen molar-refractivity contribution in [3.05, 3.63) is 16.3 Å². The Morgan fingerprint density at radius 2 is 2.19 bits per heavy atom. The van der Waals surface area contributed by atoms with Gasteiger partial charge in [-0.15, -0.1) is 11.3 Å². The van der Waals surface area contributed by atoms with E-state index in [2.05, 4.69) is 15.6 Å². The van der Waals surface area contributed by atoms with Gasteiger partial charge in [0, 0.05) is 17.1 Å². The summed E-state index contributed by atoms with van der Waals surface area (Å²) >= 11 is 1.73. The highest BCUT2D eigenvalue weighted by Gasteiger charge is 2.09. The van der Waals surface area contributed by atoms with Crippen LogP contribution in [0.5, 0.6) is 0 Å². The summed E-state index contributed by atoms with van der Waals surface area (Å²) in [5, 5.41) is 5.51. The molecule has 1 saturated heterocycles. The largest absolute Gasteiger partial charge is 0.398 e. The summed E-state index contributed by atoms with van der Waals surface area (Å²) < 4.78 is 0. The van der Waals surface area contributed by atoms with Crippen LogP contribution in [0.25, 0.3) is 0 Å². The fraction of sp³-hybridized carbons (Fsp3) is 0.667. The Kier molecular flexibility index (Phi) is 4.63. The summed E-state index contributed by atoms with van der Waals surface area (Å²) in [7, 11) is 0. The van der Waals surface area contributed by atoms with Crippen LogP contribution in [0.1, 0.15) is 24.1 Å². The molecule has 3 nitrogen and oxygen atoms in total. The monoisotopic (exact) mass is 239 g/mol. The summed E-state index contributed by atoms with van der Waals surface area (Å²) in [6.07, 6.45) is 4.02. The molecule has 2 rings (SSSR count). The molecular weight excluding hydrogens is 218 g/mol. The van der Waals surface area contributed by atoms with Crippen molar-refractivity contribution in [2.24, 2.45) is 0 Å². The van der Waals surface area contributed by atoms with Crippen molar-refractivity contribution in [1.29, 1.82) is 0 Å². The number of thiophene rings is 1. The zero-order valence-electron chi connectivity index (χ0n) is 9.74. The molecule has 0 bridgehead atoms. The van der Waals surface area contributed by atoms with Gasteiger partial charge < -0.3 is 16.0 Å². The van der Waals surface area contributed by atoms with Gasteiger partial charge >= 0.3 is 0 Å². The van der Waals surface area contributed by atoms with Crippen molar-refractivity contribution >= 4 is 17.0 Å². The Balaban J connectivity index is 1.53. The minimum atomic E-state index is 0.920. The van der Waals surface area contributed by atoms with Gasteiger partial charge in [-0.3, -0.25) is 0 Å². The van der Waals surface area contributed by atoms with E-state index in [1.165, 1.54) is 43.8 Å². The van der Waals surface area contributed by atoms with E-state index in [1.807, 2.05) is 6.07 Å². The van der Waals surface area contributed by atoms with Gasteiger partial charge in [0.05, 0.1) is 0 Å². The molecule has 0 saturated carbocycles. The summed E-state index contributed by atoms with van der Waals surface area (Å²) in [5.41, 5.74) is 6.74. The van der Waals surface area contributed by atoms with E-state index in [4.69, 9.17) is 5.73 Å². The second-order valence-corrected chi connectivity index (χ2v) is 5.38. The first-order valence-electron chi connectivity index (χ1n) is 6.11. The van der Waals surface area contributed by atoms with Gasteiger partial charge in [-0.1, -0.05) is 0 Å². The molecule has 1 aliphatic rings. The zero-order valence-corrected chi connectivity index (χ0v) is 10.6. The maximum atomic E-state index is 5.82. The van der Waals surface area contributed by atoms with E-state index in [-0.39, 0.29) is 0 Å². The van der Waals surface area contributed by atoms with E-state index >= 15 is 0 Å². The van der Waals surface area contributed by atoms with Crippen molar-refractivity contribution in [3.63, 3.8) is 0 Å². The van der Waals surface area contributed by atoms with Crippen LogP contribution in [0.15, 0.2) is 11.4 Å². The standard InChI is InChI=1S/C12H21N3S/c13-11-4-9-16-12(11)10-14-5-3-8-15-6-1-2-7-15/h4,9,14H,1-3,5-8,10,13H2. The van der Waals surface area contributed by atoms with Crippen LogP contribution in [0.2, 0.25) is 0 Å². The second kappa shape index (κ2) is 6.23. The minimum Gasteiger partial charge on any atom is -0.398 e. The number of likely N-dealkylation sites (tertiary alicyclic amines) is 1. The predicted octanol–water partition coefficient (Wildman–Crippen LogP) is 1.91. The molecule has 0 aliphatic carbocycles. The number of anilines is 1. The quantitative estimate of drug-likeness (QED) is 0.745. The van der Waals surface area contributed by atoms with E-state index in [1.54, 1.807) is 11.3 Å². The fourth-order valence-corrected chi connectivity index (χ4v) is 2.90. The van der Waals surface area contributed by atoms with Crippen molar-refractivity contribution in [2.75, 3.05) is 31.9 Å². The smallest absolute Gasteiger partial charge is 0.0468 e. The minimum absolute atomic E-state index is 0.920. The predicted molar refractivity (Wildman–Crippen MR) is 70.7 cm³/mol. The number of hydrogen-bond acceptors (Lipinski definition) is 4. The van der Waals surface area contributed by atoms with Crippen LogP contribution in [-0.4, -0.2) is 31.1 Å². The Labute approximate surface area is 102 Å². The molecule has 1 fully saturated rings. The zero-order chi connectivity index (χ0) is 11.2. The normalized spacial score (nSPS) is 17.0. The Hall–Kier alpha value is -0.580. The van der Waals surface area contributed by atoms with Gasteiger partial charge in [-0.05, 0) is 56.9 Å². The molecule has 0 aromatic carbocycles. The van der Waals surface area contributed by atoms with Crippen molar-refractivity contribution < 1.29 is 0 Å². The lowest BCUT2D eigenvalue weighted by Crippen LogP contribution is -2.24. The van der Waals surface area contributed by atoms with E-state index in [0.29, 0.717) is 0 Å². The first kappa shape index (κ1) is 11.9. The number of nitrogens with zero attached hydrogens (tertiary/aromatic N) is 1. The fourth-order valence-electron chi connectivity index (χ4n) is 2.13. The lowest BCUT2D eigenvalue weighted by Gasteiger charge is -2.14. The molecule has 1 aromatic heterocycles. The summed E-state index contributed by atoms with van der Waals surface area (Å²) in [4.78, 5) is 3.82. The molecule has 0 atom stereocenters. The maximum Gasteiger partial charge on any atom is 0.0468 e. The third-order valence-electron chi connectivity index (χ3n) is 3.09. The molecule has 4 heteroatoms. The van der Waals surface area contributed by atoms with Crippen molar-refractivity contribution in [2.45, 2.75) is 25.8 Å². The Morgan fingerprint density at radius 3 is 2.88 bits per heavy atom. The van der Waals surface area contributed by atoms with E-state index in [0.717, 1.165) is 18.8 Å². The van der Waals surface area contributed by atoms with E-state index in [9.17, 15) is 0 Å². The first-order valence-corrected chi connectivity index (χ1v) is 6.99. The lowest BCUT2D eigenvalue weighted by molar-refractivity contribution is 0.331. The molecule has 0 spiro atoms. The summed E-state index contributed by atoms with van der Waals surface area (Å²) in [6, 6.07) is 1.98. The van der Waals surface area contributed by atoms with Crippen LogP contribution in [0.4, 0.5) is 5.69 Å². The van der Waals surface area contributed by atoms with Crippen LogP contribution in [0.3, 0.4) is 0 Å². The average molecular weight is 239 g/mol. The van der Waals surface area contributed by atoms with Crippen LogP contribution in [-0.2, 0) is 6.54 Å². The van der Waals surface area contributed by atoms with Gasteiger partial charge in [0.1, 0.15) is 0 Å². The average Bonchev–Trinajstić information content (AvgIpc) is 2.90. The van der Waals surface area contributed by atoms with Crippen LogP contribution < -0.4 is 11.1 Å². The summed E-state index contributed by atoms with van der Waals surface area (Å²) in [6.45, 7) is 5.86. The molecule has 0 unspecified atom stereocenters. The third kappa shape index (κ3) is 3.47. The van der Waals surface area contributed by atoms with E-state index < -0.39 is 0 Å². The topological polar surface area (TPSA) is 41.3 Å². The van der Waals surface area contributed by atoms with Crippen molar-refractivity contribution in [3.8, 4) is 0 Å². The highest BCUT2D eigenvalue weighted by atomic mass is 32.1. The van der Waals surface area contributed by atoms with Gasteiger partial charge in [0.25, 0.3) is 0 Å². The Bertz CT molecular complexity index is 305. The van der Waals surface area contributed by atoms with Crippen LogP contribution >= 0.6 is 11.3 Å². The number of hydrogen-bond donors (Lipinski definition) is 2. The number of nitrogens with two attached hydrogens (primary N) is 1. The highest BCUT2D eigenvalue weighted by Crippen LogP contribution is 2.17. The highest BCUT2D eigenvalue weighted by molar-refractivity contribution is 7.10. The molecule has 0 amide bonds. The first-order chi connectivity index (χ1) is 7.86.